The van der Waals surface area contributed by atoms with E-state index in [-0.39, 0.29) is 5.41 Å². The molecule has 3 rings (SSSR count). The van der Waals surface area contributed by atoms with Crippen LogP contribution in [0, 0.1) is 0 Å². The van der Waals surface area contributed by atoms with Gasteiger partial charge in [-0.2, -0.15) is 9.61 Å². The van der Waals surface area contributed by atoms with Crippen LogP contribution in [0.4, 0.5) is 0 Å². The van der Waals surface area contributed by atoms with Gasteiger partial charge in [0.2, 0.25) is 4.96 Å². The van der Waals surface area contributed by atoms with Gasteiger partial charge < -0.3 is 5.73 Å². The summed E-state index contributed by atoms with van der Waals surface area (Å²) in [6.45, 7) is 4.94. The molecule has 0 radical (unpaired) electrons. The first-order chi connectivity index (χ1) is 9.66. The Labute approximate surface area is 123 Å². The molecule has 2 aromatic rings. The number of fused-ring (bicyclic) bond motifs is 1. The Kier molecular flexibility index (Phi) is 3.77. The van der Waals surface area contributed by atoms with Gasteiger partial charge in [0.1, 0.15) is 5.01 Å². The van der Waals surface area contributed by atoms with Crippen LogP contribution in [-0.2, 0) is 5.41 Å². The molecule has 6 heteroatoms. The van der Waals surface area contributed by atoms with Gasteiger partial charge >= 0.3 is 0 Å². The summed E-state index contributed by atoms with van der Waals surface area (Å²) in [7, 11) is 0. The van der Waals surface area contributed by atoms with E-state index in [1.807, 2.05) is 4.52 Å². The number of hydrogen-bond donors (Lipinski definition) is 1. The molecule has 0 unspecified atom stereocenters. The average Bonchev–Trinajstić information content (AvgIpc) is 2.91. The second-order valence-electron chi connectivity index (χ2n) is 6.21. The molecule has 0 amide bonds. The minimum Gasteiger partial charge on any atom is -0.329 e. The lowest BCUT2D eigenvalue weighted by Crippen LogP contribution is -2.34. The summed E-state index contributed by atoms with van der Waals surface area (Å²) in [5.41, 5.74) is 6.22. The molecule has 1 aliphatic rings. The molecule has 0 atom stereocenters. The Morgan fingerprint density at radius 2 is 1.90 bits per heavy atom. The van der Waals surface area contributed by atoms with E-state index >= 15 is 0 Å². The Morgan fingerprint density at radius 3 is 2.50 bits per heavy atom. The van der Waals surface area contributed by atoms with Crippen LogP contribution in [0.25, 0.3) is 4.96 Å². The minimum atomic E-state index is 0.0656. The monoisotopic (exact) mass is 293 g/mol. The van der Waals surface area contributed by atoms with E-state index in [2.05, 4.69) is 24.0 Å². The van der Waals surface area contributed by atoms with E-state index in [0.29, 0.717) is 12.5 Å². The maximum absolute atomic E-state index is 6.15. The van der Waals surface area contributed by atoms with E-state index in [4.69, 9.17) is 10.8 Å². The Balaban J connectivity index is 2.03. The van der Waals surface area contributed by atoms with Gasteiger partial charge in [-0.25, -0.2) is 0 Å². The molecule has 110 valence electrons. The molecule has 2 heterocycles. The lowest BCUT2D eigenvalue weighted by molar-refractivity contribution is 0.375. The molecule has 0 aromatic carbocycles. The van der Waals surface area contributed by atoms with Crippen LogP contribution in [0.1, 0.15) is 69.1 Å². The van der Waals surface area contributed by atoms with Gasteiger partial charge in [-0.15, -0.1) is 10.2 Å². The van der Waals surface area contributed by atoms with E-state index in [9.17, 15) is 0 Å². The standard InChI is InChI=1S/C14H23N5S/c1-10(2)11-16-17-13-19(11)18-12(20-13)14(9-15)7-5-3-4-6-8-14/h10H,3-9,15H2,1-2H3. The molecule has 1 aliphatic carbocycles. The van der Waals surface area contributed by atoms with Crippen molar-refractivity contribution in [3.63, 3.8) is 0 Å². The Bertz CT molecular complexity index is 577. The highest BCUT2D eigenvalue weighted by molar-refractivity contribution is 7.16. The predicted molar refractivity (Wildman–Crippen MR) is 81.2 cm³/mol. The van der Waals surface area contributed by atoms with Crippen molar-refractivity contribution < 1.29 is 0 Å². The van der Waals surface area contributed by atoms with Gasteiger partial charge in [0.15, 0.2) is 5.82 Å². The first kappa shape index (κ1) is 13.9. The van der Waals surface area contributed by atoms with Crippen molar-refractivity contribution in [1.29, 1.82) is 0 Å². The van der Waals surface area contributed by atoms with E-state index in [1.165, 1.54) is 25.7 Å². The second kappa shape index (κ2) is 5.41. The normalized spacial score (nSPS) is 19.6. The molecule has 2 N–H and O–H groups in total. The van der Waals surface area contributed by atoms with Crippen LogP contribution >= 0.6 is 11.3 Å². The van der Waals surface area contributed by atoms with E-state index in [0.717, 1.165) is 28.6 Å². The van der Waals surface area contributed by atoms with Crippen molar-refractivity contribution in [2.45, 2.75) is 63.7 Å². The highest BCUT2D eigenvalue weighted by atomic mass is 32.1. The third kappa shape index (κ3) is 2.24. The molecule has 1 saturated carbocycles. The summed E-state index contributed by atoms with van der Waals surface area (Å²) in [5, 5.41) is 14.5. The fourth-order valence-electron chi connectivity index (χ4n) is 3.12. The topological polar surface area (TPSA) is 69.1 Å². The SMILES string of the molecule is CC(C)c1nnc2sc(C3(CN)CCCCCC3)nn12. The highest BCUT2D eigenvalue weighted by Crippen LogP contribution is 2.39. The molecule has 5 nitrogen and oxygen atoms in total. The summed E-state index contributed by atoms with van der Waals surface area (Å²) in [6, 6.07) is 0. The van der Waals surface area contributed by atoms with Crippen LogP contribution in [0.15, 0.2) is 0 Å². The van der Waals surface area contributed by atoms with Crippen LogP contribution in [-0.4, -0.2) is 26.4 Å². The summed E-state index contributed by atoms with van der Waals surface area (Å²) in [4.78, 5) is 0.903. The zero-order chi connectivity index (χ0) is 14.2. The lowest BCUT2D eigenvalue weighted by Gasteiger charge is -2.28. The predicted octanol–water partition coefficient (Wildman–Crippen LogP) is 2.86. The second-order valence-corrected chi connectivity index (χ2v) is 7.17. The van der Waals surface area contributed by atoms with Crippen molar-refractivity contribution in [1.82, 2.24) is 19.8 Å². The highest BCUT2D eigenvalue weighted by Gasteiger charge is 2.35. The molecular formula is C14H23N5S. The molecule has 0 spiro atoms. The Hall–Kier alpha value is -1.01. The number of rotatable bonds is 3. The van der Waals surface area contributed by atoms with Crippen molar-refractivity contribution in [3.05, 3.63) is 10.8 Å². The van der Waals surface area contributed by atoms with Gasteiger partial charge in [-0.05, 0) is 12.8 Å². The van der Waals surface area contributed by atoms with Crippen molar-refractivity contribution in [2.75, 3.05) is 6.54 Å². The Morgan fingerprint density at radius 1 is 1.20 bits per heavy atom. The average molecular weight is 293 g/mol. The van der Waals surface area contributed by atoms with E-state index in [1.54, 1.807) is 11.3 Å². The number of nitrogens with two attached hydrogens (primary N) is 1. The van der Waals surface area contributed by atoms with Crippen LogP contribution < -0.4 is 5.73 Å². The van der Waals surface area contributed by atoms with Gasteiger partial charge in [-0.3, -0.25) is 0 Å². The van der Waals surface area contributed by atoms with Crippen LogP contribution in [0.2, 0.25) is 0 Å². The fraction of sp³-hybridized carbons (Fsp3) is 0.786. The molecule has 0 bridgehead atoms. The zero-order valence-electron chi connectivity index (χ0n) is 12.3. The largest absolute Gasteiger partial charge is 0.329 e. The minimum absolute atomic E-state index is 0.0656. The number of aromatic nitrogens is 4. The van der Waals surface area contributed by atoms with Crippen molar-refractivity contribution >= 4 is 16.3 Å². The fourth-order valence-corrected chi connectivity index (χ4v) is 4.22. The van der Waals surface area contributed by atoms with Gasteiger partial charge in [0.25, 0.3) is 0 Å². The lowest BCUT2D eigenvalue weighted by atomic mass is 9.81. The third-order valence-corrected chi connectivity index (χ3v) is 5.58. The van der Waals surface area contributed by atoms with Crippen molar-refractivity contribution in [3.8, 4) is 0 Å². The summed E-state index contributed by atoms with van der Waals surface area (Å²) in [5.74, 6) is 1.28. The smallest absolute Gasteiger partial charge is 0.234 e. The molecule has 0 aliphatic heterocycles. The number of hydrogen-bond acceptors (Lipinski definition) is 5. The summed E-state index contributed by atoms with van der Waals surface area (Å²) >= 11 is 1.67. The third-order valence-electron chi connectivity index (χ3n) is 4.44. The first-order valence-electron chi connectivity index (χ1n) is 7.59. The van der Waals surface area contributed by atoms with Crippen LogP contribution in [0.3, 0.4) is 0 Å². The van der Waals surface area contributed by atoms with Gasteiger partial charge in [0.05, 0.1) is 0 Å². The molecule has 0 saturated heterocycles. The van der Waals surface area contributed by atoms with Crippen molar-refractivity contribution in [2.24, 2.45) is 5.73 Å². The van der Waals surface area contributed by atoms with Crippen LogP contribution in [0.5, 0.6) is 0 Å². The van der Waals surface area contributed by atoms with Gasteiger partial charge in [0, 0.05) is 17.9 Å². The maximum Gasteiger partial charge on any atom is 0.234 e. The zero-order valence-corrected chi connectivity index (χ0v) is 13.1. The summed E-state index contributed by atoms with van der Waals surface area (Å²) < 4.78 is 1.92. The van der Waals surface area contributed by atoms with Gasteiger partial charge in [-0.1, -0.05) is 50.9 Å². The molecule has 2 aromatic heterocycles. The molecular weight excluding hydrogens is 270 g/mol. The van der Waals surface area contributed by atoms with E-state index < -0.39 is 0 Å². The summed E-state index contributed by atoms with van der Waals surface area (Å²) in [6.07, 6.45) is 7.48. The quantitative estimate of drug-likeness (QED) is 0.883. The molecule has 20 heavy (non-hydrogen) atoms. The number of nitrogens with zero attached hydrogens (tertiary/aromatic N) is 4. The first-order valence-corrected chi connectivity index (χ1v) is 8.41. The molecule has 1 fully saturated rings. The maximum atomic E-state index is 6.15.